The number of carbonyl (C=O) groups excluding carboxylic acids is 1. The molecule has 0 radical (unpaired) electrons. The lowest BCUT2D eigenvalue weighted by atomic mass is 9.83. The highest BCUT2D eigenvalue weighted by Crippen LogP contribution is 2.33. The lowest BCUT2D eigenvalue weighted by Gasteiger charge is -2.45. The van der Waals surface area contributed by atoms with Crippen molar-refractivity contribution in [3.8, 4) is 0 Å². The monoisotopic (exact) mass is 229 g/mol. The molecule has 0 amide bonds. The first-order valence-corrected chi connectivity index (χ1v) is 6.67. The summed E-state index contributed by atoms with van der Waals surface area (Å²) >= 11 is 0. The van der Waals surface area contributed by atoms with Crippen LogP contribution in [0.2, 0.25) is 0 Å². The van der Waals surface area contributed by atoms with Gasteiger partial charge in [-0.2, -0.15) is 0 Å². The number of ketones is 1. The molecule has 2 fully saturated rings. The van der Waals surface area contributed by atoms with Crippen molar-refractivity contribution in [3.63, 3.8) is 0 Å². The summed E-state index contributed by atoms with van der Waals surface area (Å²) in [5.41, 5.74) is 1.33. The van der Waals surface area contributed by atoms with Crippen LogP contribution < -0.4 is 0 Å². The Hall–Kier alpha value is -1.15. The van der Waals surface area contributed by atoms with E-state index in [0.717, 1.165) is 25.8 Å². The highest BCUT2D eigenvalue weighted by atomic mass is 16.1. The second kappa shape index (κ2) is 4.61. The predicted molar refractivity (Wildman–Crippen MR) is 67.7 cm³/mol. The maximum Gasteiger partial charge on any atom is 0.150 e. The fourth-order valence-corrected chi connectivity index (χ4v) is 3.30. The summed E-state index contributed by atoms with van der Waals surface area (Å²) in [6.45, 7) is 0.946. The molecule has 2 saturated heterocycles. The Kier molecular flexibility index (Phi) is 2.98. The highest BCUT2D eigenvalue weighted by molar-refractivity contribution is 5.85. The summed E-state index contributed by atoms with van der Waals surface area (Å²) in [5.74, 6) is 0.469. The number of rotatable bonds is 2. The fourth-order valence-electron chi connectivity index (χ4n) is 3.30. The summed E-state index contributed by atoms with van der Waals surface area (Å²) in [6, 6.07) is 11.4. The van der Waals surface area contributed by atoms with Gasteiger partial charge < -0.3 is 0 Å². The number of Topliss-reactive ketones (excluding diaryl/α,β-unsaturated/α-hetero) is 1. The van der Waals surface area contributed by atoms with Gasteiger partial charge in [0.05, 0.1) is 6.04 Å². The summed E-state index contributed by atoms with van der Waals surface area (Å²) in [4.78, 5) is 14.4. The second-order valence-corrected chi connectivity index (χ2v) is 5.26. The Morgan fingerprint density at radius 3 is 2.76 bits per heavy atom. The Bertz CT molecular complexity index is 401. The molecule has 0 spiro atoms. The molecule has 0 aromatic heterocycles. The molecule has 2 bridgehead atoms. The Morgan fingerprint density at radius 2 is 1.94 bits per heavy atom. The molecule has 2 atom stereocenters. The van der Waals surface area contributed by atoms with E-state index in [9.17, 15) is 4.79 Å². The third-order valence-electron chi connectivity index (χ3n) is 4.19. The van der Waals surface area contributed by atoms with Crippen LogP contribution in [0.3, 0.4) is 0 Å². The molecule has 0 N–H and O–H groups in total. The average molecular weight is 229 g/mol. The van der Waals surface area contributed by atoms with Crippen molar-refractivity contribution in [2.45, 2.75) is 50.7 Å². The largest absolute Gasteiger partial charge is 0.298 e. The molecule has 0 aliphatic carbocycles. The molecule has 1 aromatic carbocycles. The van der Waals surface area contributed by atoms with Gasteiger partial charge in [0.15, 0.2) is 0 Å². The molecule has 2 heterocycles. The van der Waals surface area contributed by atoms with Crippen molar-refractivity contribution in [2.75, 3.05) is 0 Å². The van der Waals surface area contributed by atoms with Crippen LogP contribution in [0.4, 0.5) is 0 Å². The number of nitrogens with zero attached hydrogens (tertiary/aromatic N) is 1. The van der Waals surface area contributed by atoms with E-state index >= 15 is 0 Å². The van der Waals surface area contributed by atoms with Gasteiger partial charge in [-0.1, -0.05) is 30.3 Å². The highest BCUT2D eigenvalue weighted by Gasteiger charge is 2.38. The summed E-state index contributed by atoms with van der Waals surface area (Å²) in [7, 11) is 0. The van der Waals surface area contributed by atoms with Gasteiger partial charge in [-0.3, -0.25) is 9.69 Å². The molecule has 2 aliphatic heterocycles. The zero-order valence-electron chi connectivity index (χ0n) is 10.1. The Morgan fingerprint density at radius 1 is 1.12 bits per heavy atom. The van der Waals surface area contributed by atoms with E-state index in [1.165, 1.54) is 18.4 Å². The molecule has 3 rings (SSSR count). The van der Waals surface area contributed by atoms with Gasteiger partial charge in [-0.05, 0) is 31.2 Å². The van der Waals surface area contributed by atoms with Crippen LogP contribution in [0.5, 0.6) is 0 Å². The SMILES string of the molecule is O=C1CCC2CCCC1N2Cc1ccccc1. The fraction of sp³-hybridized carbons (Fsp3) is 0.533. The number of hydrogen-bond acceptors (Lipinski definition) is 2. The summed E-state index contributed by atoms with van der Waals surface area (Å²) in [6.07, 6.45) is 5.45. The van der Waals surface area contributed by atoms with Gasteiger partial charge >= 0.3 is 0 Å². The number of hydrogen-bond donors (Lipinski definition) is 0. The molecule has 2 nitrogen and oxygen atoms in total. The minimum Gasteiger partial charge on any atom is -0.298 e. The summed E-state index contributed by atoms with van der Waals surface area (Å²) in [5, 5.41) is 0. The van der Waals surface area contributed by atoms with Crippen LogP contribution in [0.15, 0.2) is 30.3 Å². The van der Waals surface area contributed by atoms with Crippen LogP contribution >= 0.6 is 0 Å². The Labute approximate surface area is 103 Å². The zero-order chi connectivity index (χ0) is 11.7. The van der Waals surface area contributed by atoms with E-state index < -0.39 is 0 Å². The minimum absolute atomic E-state index is 0.211. The first-order chi connectivity index (χ1) is 8.34. The number of carbonyl (C=O) groups is 1. The molecule has 2 heteroatoms. The molecule has 0 saturated carbocycles. The van der Waals surface area contributed by atoms with Crippen molar-refractivity contribution in [3.05, 3.63) is 35.9 Å². The van der Waals surface area contributed by atoms with Crippen LogP contribution in [-0.2, 0) is 11.3 Å². The molecule has 2 unspecified atom stereocenters. The lowest BCUT2D eigenvalue weighted by Crippen LogP contribution is -2.53. The average Bonchev–Trinajstić information content (AvgIpc) is 2.36. The smallest absolute Gasteiger partial charge is 0.150 e. The molecular weight excluding hydrogens is 210 g/mol. The maximum atomic E-state index is 12.0. The third kappa shape index (κ3) is 2.14. The Balaban J connectivity index is 1.79. The molecule has 1 aromatic rings. The number of piperidine rings is 2. The van der Waals surface area contributed by atoms with E-state index in [2.05, 4.69) is 29.2 Å². The van der Waals surface area contributed by atoms with E-state index in [-0.39, 0.29) is 6.04 Å². The molecular formula is C15H19NO. The maximum absolute atomic E-state index is 12.0. The summed E-state index contributed by atoms with van der Waals surface area (Å²) < 4.78 is 0. The van der Waals surface area contributed by atoms with E-state index in [0.29, 0.717) is 11.8 Å². The molecule has 2 aliphatic rings. The van der Waals surface area contributed by atoms with Gasteiger partial charge in [0.1, 0.15) is 5.78 Å². The van der Waals surface area contributed by atoms with Crippen molar-refractivity contribution >= 4 is 5.78 Å². The zero-order valence-corrected chi connectivity index (χ0v) is 10.1. The third-order valence-corrected chi connectivity index (χ3v) is 4.19. The van der Waals surface area contributed by atoms with E-state index in [1.807, 2.05) is 6.07 Å². The van der Waals surface area contributed by atoms with Crippen molar-refractivity contribution < 1.29 is 4.79 Å². The molecule has 90 valence electrons. The number of fused-ring (bicyclic) bond motifs is 2. The van der Waals surface area contributed by atoms with Crippen molar-refractivity contribution in [1.29, 1.82) is 0 Å². The van der Waals surface area contributed by atoms with Crippen LogP contribution in [0.25, 0.3) is 0 Å². The minimum atomic E-state index is 0.211. The standard InChI is InChI=1S/C15H19NO/c17-15-10-9-13-7-4-8-14(15)16(13)11-12-5-2-1-3-6-12/h1-3,5-6,13-14H,4,7-11H2. The van der Waals surface area contributed by atoms with Crippen molar-refractivity contribution in [2.24, 2.45) is 0 Å². The van der Waals surface area contributed by atoms with Gasteiger partial charge in [0, 0.05) is 19.0 Å². The van der Waals surface area contributed by atoms with Crippen LogP contribution in [0.1, 0.15) is 37.7 Å². The number of benzene rings is 1. The van der Waals surface area contributed by atoms with E-state index in [1.54, 1.807) is 0 Å². The second-order valence-electron chi connectivity index (χ2n) is 5.26. The first kappa shape index (κ1) is 11.0. The van der Waals surface area contributed by atoms with Gasteiger partial charge in [-0.15, -0.1) is 0 Å². The normalized spacial score (nSPS) is 29.3. The molecule has 17 heavy (non-hydrogen) atoms. The van der Waals surface area contributed by atoms with Crippen LogP contribution in [0, 0.1) is 0 Å². The lowest BCUT2D eigenvalue weighted by molar-refractivity contribution is -0.132. The van der Waals surface area contributed by atoms with Gasteiger partial charge in [0.25, 0.3) is 0 Å². The quantitative estimate of drug-likeness (QED) is 0.777. The topological polar surface area (TPSA) is 20.3 Å². The van der Waals surface area contributed by atoms with Crippen LogP contribution in [-0.4, -0.2) is 22.8 Å². The predicted octanol–water partition coefficient (Wildman–Crippen LogP) is 2.77. The van der Waals surface area contributed by atoms with Gasteiger partial charge in [0.2, 0.25) is 0 Å². The van der Waals surface area contributed by atoms with Crippen molar-refractivity contribution in [1.82, 2.24) is 4.90 Å². The van der Waals surface area contributed by atoms with Gasteiger partial charge in [-0.25, -0.2) is 0 Å². The first-order valence-electron chi connectivity index (χ1n) is 6.67. The van der Waals surface area contributed by atoms with E-state index in [4.69, 9.17) is 0 Å².